The van der Waals surface area contributed by atoms with Crippen LogP contribution in [0.15, 0.2) is 12.1 Å². The highest BCUT2D eigenvalue weighted by Crippen LogP contribution is 2.22. The molecule has 0 unspecified atom stereocenters. The molecule has 1 aromatic rings. The summed E-state index contributed by atoms with van der Waals surface area (Å²) in [5.74, 6) is 0.451. The van der Waals surface area contributed by atoms with Crippen LogP contribution in [0.4, 0.5) is 0 Å². The Labute approximate surface area is 132 Å². The first-order chi connectivity index (χ1) is 10.5. The Bertz CT molecular complexity index is 500. The van der Waals surface area contributed by atoms with Crippen LogP contribution >= 0.6 is 0 Å². The first kappa shape index (κ1) is 16.8. The van der Waals surface area contributed by atoms with E-state index in [1.54, 1.807) is 0 Å². The number of nitrogens with one attached hydrogen (secondary N) is 1. The minimum Gasteiger partial charge on any atom is -0.508 e. The summed E-state index contributed by atoms with van der Waals surface area (Å²) in [7, 11) is 0. The predicted molar refractivity (Wildman–Crippen MR) is 88.0 cm³/mol. The van der Waals surface area contributed by atoms with E-state index in [0.717, 1.165) is 43.9 Å². The number of piperazine rings is 1. The molecule has 1 aliphatic rings. The molecule has 22 heavy (non-hydrogen) atoms. The lowest BCUT2D eigenvalue weighted by Gasteiger charge is -2.34. The number of nitrogens with zero attached hydrogens (tertiary/aromatic N) is 2. The van der Waals surface area contributed by atoms with Crippen LogP contribution in [0, 0.1) is 13.8 Å². The van der Waals surface area contributed by atoms with Crippen LogP contribution in [0.1, 0.15) is 23.6 Å². The van der Waals surface area contributed by atoms with Gasteiger partial charge in [-0.15, -0.1) is 0 Å². The molecule has 122 valence electrons. The minimum atomic E-state index is 0.112. The maximum absolute atomic E-state index is 11.6. The molecule has 0 spiro atoms. The number of carbonyl (C=O) groups excluding carboxylic acids is 1. The summed E-state index contributed by atoms with van der Waals surface area (Å²) in [5.41, 5.74) is 3.58. The summed E-state index contributed by atoms with van der Waals surface area (Å²) in [4.78, 5) is 16.2. The molecule has 1 amide bonds. The number of benzene rings is 1. The van der Waals surface area contributed by atoms with Crippen molar-refractivity contribution in [3.05, 3.63) is 28.8 Å². The first-order valence-electron chi connectivity index (χ1n) is 8.00. The summed E-state index contributed by atoms with van der Waals surface area (Å²) >= 11 is 0. The molecule has 0 aromatic heterocycles. The fraction of sp³-hybridized carbons (Fsp3) is 0.588. The Morgan fingerprint density at radius 2 is 1.68 bits per heavy atom. The van der Waals surface area contributed by atoms with E-state index in [2.05, 4.69) is 15.1 Å². The number of hydrogen-bond acceptors (Lipinski definition) is 4. The summed E-state index contributed by atoms with van der Waals surface area (Å²) in [6, 6.07) is 3.65. The van der Waals surface area contributed by atoms with E-state index in [9.17, 15) is 9.90 Å². The second-order valence-corrected chi connectivity index (χ2v) is 6.06. The molecule has 0 aliphatic carbocycles. The Balaban J connectivity index is 1.86. The fourth-order valence-corrected chi connectivity index (χ4v) is 3.01. The van der Waals surface area contributed by atoms with Gasteiger partial charge < -0.3 is 10.4 Å². The molecule has 1 aliphatic heterocycles. The van der Waals surface area contributed by atoms with Gasteiger partial charge in [-0.05, 0) is 49.6 Å². The first-order valence-corrected chi connectivity index (χ1v) is 8.00. The van der Waals surface area contributed by atoms with Crippen molar-refractivity contribution in [2.24, 2.45) is 0 Å². The van der Waals surface area contributed by atoms with Crippen molar-refractivity contribution in [1.29, 1.82) is 0 Å². The van der Waals surface area contributed by atoms with Crippen molar-refractivity contribution in [3.8, 4) is 5.75 Å². The Morgan fingerprint density at radius 3 is 2.23 bits per heavy atom. The fourth-order valence-electron chi connectivity index (χ4n) is 3.01. The standard InChI is InChI=1S/C17H27N3O2/c1-4-18-17(22)12-20-7-5-19(6-8-20)11-16-13(2)9-15(21)10-14(16)3/h9-10,21H,4-8,11-12H2,1-3H3,(H,18,22). The van der Waals surface area contributed by atoms with Gasteiger partial charge in [0.25, 0.3) is 0 Å². The van der Waals surface area contributed by atoms with E-state index >= 15 is 0 Å². The largest absolute Gasteiger partial charge is 0.508 e. The molecule has 1 aromatic carbocycles. The number of likely N-dealkylation sites (N-methyl/N-ethyl adjacent to an activating group) is 1. The lowest BCUT2D eigenvalue weighted by molar-refractivity contribution is -0.122. The highest BCUT2D eigenvalue weighted by atomic mass is 16.3. The molecule has 0 atom stereocenters. The van der Waals surface area contributed by atoms with E-state index in [-0.39, 0.29) is 5.91 Å². The highest BCUT2D eigenvalue weighted by Gasteiger charge is 2.19. The number of carbonyl (C=O) groups is 1. The molecule has 0 saturated carbocycles. The van der Waals surface area contributed by atoms with Crippen LogP contribution in [0.3, 0.4) is 0 Å². The topological polar surface area (TPSA) is 55.8 Å². The molecule has 1 fully saturated rings. The monoisotopic (exact) mass is 305 g/mol. The van der Waals surface area contributed by atoms with E-state index in [1.807, 2.05) is 32.9 Å². The average molecular weight is 305 g/mol. The number of hydrogen-bond donors (Lipinski definition) is 2. The van der Waals surface area contributed by atoms with Crippen molar-refractivity contribution in [2.45, 2.75) is 27.3 Å². The molecular formula is C17H27N3O2. The summed E-state index contributed by atoms with van der Waals surface area (Å²) in [6.07, 6.45) is 0. The number of aromatic hydroxyl groups is 1. The van der Waals surface area contributed by atoms with Crippen molar-refractivity contribution < 1.29 is 9.90 Å². The second kappa shape index (κ2) is 7.61. The van der Waals surface area contributed by atoms with Gasteiger partial charge in [0.1, 0.15) is 5.75 Å². The van der Waals surface area contributed by atoms with Gasteiger partial charge in [0.2, 0.25) is 5.91 Å². The number of amides is 1. The van der Waals surface area contributed by atoms with Gasteiger partial charge in [0.15, 0.2) is 0 Å². The highest BCUT2D eigenvalue weighted by molar-refractivity contribution is 5.77. The SMILES string of the molecule is CCNC(=O)CN1CCN(Cc2c(C)cc(O)cc2C)CC1. The van der Waals surface area contributed by atoms with Crippen molar-refractivity contribution >= 4 is 5.91 Å². The zero-order chi connectivity index (χ0) is 16.1. The van der Waals surface area contributed by atoms with Crippen molar-refractivity contribution in [2.75, 3.05) is 39.3 Å². The molecule has 1 saturated heterocycles. The second-order valence-electron chi connectivity index (χ2n) is 6.06. The number of rotatable bonds is 5. The minimum absolute atomic E-state index is 0.112. The maximum atomic E-state index is 11.6. The van der Waals surface area contributed by atoms with Crippen LogP contribution in [-0.2, 0) is 11.3 Å². The van der Waals surface area contributed by atoms with Crippen LogP contribution in [0.25, 0.3) is 0 Å². The quantitative estimate of drug-likeness (QED) is 0.860. The van der Waals surface area contributed by atoms with E-state index < -0.39 is 0 Å². The summed E-state index contributed by atoms with van der Waals surface area (Å²) in [6.45, 7) is 11.9. The van der Waals surface area contributed by atoms with E-state index in [0.29, 0.717) is 18.8 Å². The third kappa shape index (κ3) is 4.45. The van der Waals surface area contributed by atoms with Gasteiger partial charge in [0.05, 0.1) is 6.54 Å². The van der Waals surface area contributed by atoms with Crippen molar-refractivity contribution in [3.63, 3.8) is 0 Å². The molecule has 2 rings (SSSR count). The van der Waals surface area contributed by atoms with Crippen LogP contribution < -0.4 is 5.32 Å². The van der Waals surface area contributed by atoms with Gasteiger partial charge in [0, 0.05) is 39.3 Å². The number of aryl methyl sites for hydroxylation is 2. The van der Waals surface area contributed by atoms with E-state index in [4.69, 9.17) is 0 Å². The zero-order valence-electron chi connectivity index (χ0n) is 13.9. The van der Waals surface area contributed by atoms with Gasteiger partial charge in [-0.3, -0.25) is 14.6 Å². The third-order valence-electron chi connectivity index (χ3n) is 4.27. The van der Waals surface area contributed by atoms with Crippen LogP contribution in [0.2, 0.25) is 0 Å². The van der Waals surface area contributed by atoms with Crippen LogP contribution in [-0.4, -0.2) is 60.1 Å². The van der Waals surface area contributed by atoms with E-state index in [1.165, 1.54) is 5.56 Å². The Morgan fingerprint density at radius 1 is 1.14 bits per heavy atom. The summed E-state index contributed by atoms with van der Waals surface area (Å²) in [5, 5.41) is 12.5. The molecule has 5 heteroatoms. The molecule has 0 bridgehead atoms. The normalized spacial score (nSPS) is 16.7. The molecule has 5 nitrogen and oxygen atoms in total. The molecular weight excluding hydrogens is 278 g/mol. The molecule has 1 heterocycles. The van der Waals surface area contributed by atoms with Gasteiger partial charge >= 0.3 is 0 Å². The smallest absolute Gasteiger partial charge is 0.234 e. The van der Waals surface area contributed by atoms with Gasteiger partial charge in [-0.2, -0.15) is 0 Å². The van der Waals surface area contributed by atoms with Crippen molar-refractivity contribution in [1.82, 2.24) is 15.1 Å². The lowest BCUT2D eigenvalue weighted by atomic mass is 10.0. The van der Waals surface area contributed by atoms with Crippen LogP contribution in [0.5, 0.6) is 5.75 Å². The zero-order valence-corrected chi connectivity index (χ0v) is 13.9. The maximum Gasteiger partial charge on any atom is 0.234 e. The average Bonchev–Trinajstić information content (AvgIpc) is 2.45. The molecule has 0 radical (unpaired) electrons. The summed E-state index contributed by atoms with van der Waals surface area (Å²) < 4.78 is 0. The van der Waals surface area contributed by atoms with Gasteiger partial charge in [-0.25, -0.2) is 0 Å². The van der Waals surface area contributed by atoms with Gasteiger partial charge in [-0.1, -0.05) is 0 Å². The Kier molecular flexibility index (Phi) is 5.80. The third-order valence-corrected chi connectivity index (χ3v) is 4.27. The predicted octanol–water partition coefficient (Wildman–Crippen LogP) is 1.26. The molecule has 2 N–H and O–H groups in total. The lowest BCUT2D eigenvalue weighted by Crippen LogP contribution is -2.49. The Hall–Kier alpha value is -1.59. The number of phenols is 1. The number of phenolic OH excluding ortho intramolecular Hbond substituents is 1.